The summed E-state index contributed by atoms with van der Waals surface area (Å²) < 4.78 is 0. The number of hydrazone groups is 1. The average Bonchev–Trinajstić information content (AvgIpc) is 2.86. The van der Waals surface area contributed by atoms with E-state index in [1.807, 2.05) is 0 Å². The Balaban J connectivity index is 1.97. The molecule has 4 nitrogen and oxygen atoms in total. The lowest BCUT2D eigenvalue weighted by molar-refractivity contribution is 0.692. The highest BCUT2D eigenvalue weighted by Gasteiger charge is 2.24. The average molecular weight is 320 g/mol. The SMILES string of the molecule is CC(C)N=C(NN=C1c2ccccc2-c2ccccc21)NC(C)C. The molecular formula is C20H24N4. The van der Waals surface area contributed by atoms with E-state index in [2.05, 4.69) is 97.1 Å². The van der Waals surface area contributed by atoms with Gasteiger partial charge < -0.3 is 5.32 Å². The highest BCUT2D eigenvalue weighted by molar-refractivity contribution is 6.24. The first-order chi connectivity index (χ1) is 11.6. The van der Waals surface area contributed by atoms with E-state index < -0.39 is 0 Å². The molecule has 2 N–H and O–H groups in total. The lowest BCUT2D eigenvalue weighted by Crippen LogP contribution is -2.39. The van der Waals surface area contributed by atoms with Gasteiger partial charge in [0.25, 0.3) is 0 Å². The smallest absolute Gasteiger partial charge is 0.212 e. The normalized spacial score (nSPS) is 13.1. The van der Waals surface area contributed by atoms with Crippen LogP contribution in [0.2, 0.25) is 0 Å². The van der Waals surface area contributed by atoms with E-state index in [4.69, 9.17) is 0 Å². The molecule has 1 aliphatic rings. The standard InChI is InChI=1S/C20H24N4/c1-13(2)21-20(22-14(3)4)24-23-19-17-11-7-5-9-15(17)16-10-6-8-12-18(16)19/h5-14H,1-4H3,(H2,21,22,24). The molecular weight excluding hydrogens is 296 g/mol. The van der Waals surface area contributed by atoms with Crippen LogP contribution in [0.3, 0.4) is 0 Å². The van der Waals surface area contributed by atoms with Crippen LogP contribution in [0, 0.1) is 0 Å². The second-order valence-electron chi connectivity index (χ2n) is 6.53. The van der Waals surface area contributed by atoms with Crippen LogP contribution in [0.4, 0.5) is 0 Å². The molecule has 0 saturated heterocycles. The Morgan fingerprint density at radius 3 is 1.75 bits per heavy atom. The molecule has 124 valence electrons. The van der Waals surface area contributed by atoms with E-state index in [0.29, 0.717) is 12.0 Å². The Bertz CT molecular complexity index is 740. The first kappa shape index (κ1) is 16.2. The molecule has 0 aliphatic heterocycles. The van der Waals surface area contributed by atoms with Crippen molar-refractivity contribution >= 4 is 11.7 Å². The molecule has 1 aliphatic carbocycles. The van der Waals surface area contributed by atoms with Gasteiger partial charge in [0.2, 0.25) is 5.96 Å². The maximum Gasteiger partial charge on any atom is 0.212 e. The van der Waals surface area contributed by atoms with Crippen molar-refractivity contribution in [1.82, 2.24) is 10.7 Å². The van der Waals surface area contributed by atoms with Crippen molar-refractivity contribution in [2.24, 2.45) is 10.1 Å². The fourth-order valence-electron chi connectivity index (χ4n) is 2.85. The number of benzene rings is 2. The number of nitrogens with zero attached hydrogens (tertiary/aromatic N) is 2. The first-order valence-electron chi connectivity index (χ1n) is 8.43. The van der Waals surface area contributed by atoms with Crippen LogP contribution < -0.4 is 10.7 Å². The molecule has 0 heterocycles. The predicted octanol–water partition coefficient (Wildman–Crippen LogP) is 3.77. The van der Waals surface area contributed by atoms with Gasteiger partial charge in [-0.3, -0.25) is 0 Å². The van der Waals surface area contributed by atoms with Gasteiger partial charge in [0.1, 0.15) is 0 Å². The minimum atomic E-state index is 0.196. The summed E-state index contributed by atoms with van der Waals surface area (Å²) in [5, 5.41) is 8.00. The summed E-state index contributed by atoms with van der Waals surface area (Å²) in [5.74, 6) is 0.703. The van der Waals surface area contributed by atoms with E-state index in [-0.39, 0.29) is 6.04 Å². The van der Waals surface area contributed by atoms with Crippen LogP contribution in [-0.4, -0.2) is 23.8 Å². The van der Waals surface area contributed by atoms with Gasteiger partial charge >= 0.3 is 0 Å². The van der Waals surface area contributed by atoms with E-state index in [0.717, 1.165) is 16.8 Å². The van der Waals surface area contributed by atoms with Crippen molar-refractivity contribution in [2.75, 3.05) is 0 Å². The molecule has 3 rings (SSSR count). The number of aliphatic imine (C=N–C) groups is 1. The van der Waals surface area contributed by atoms with Gasteiger partial charge in [-0.2, -0.15) is 5.10 Å². The molecule has 0 saturated carbocycles. The molecule has 2 aromatic rings. The van der Waals surface area contributed by atoms with Crippen molar-refractivity contribution in [2.45, 2.75) is 39.8 Å². The topological polar surface area (TPSA) is 48.8 Å². The van der Waals surface area contributed by atoms with Crippen LogP contribution >= 0.6 is 0 Å². The first-order valence-corrected chi connectivity index (χ1v) is 8.43. The third-order valence-corrected chi connectivity index (χ3v) is 3.74. The van der Waals surface area contributed by atoms with E-state index >= 15 is 0 Å². The number of nitrogens with one attached hydrogen (secondary N) is 2. The third-order valence-electron chi connectivity index (χ3n) is 3.74. The lowest BCUT2D eigenvalue weighted by atomic mass is 10.1. The van der Waals surface area contributed by atoms with Crippen LogP contribution in [0.1, 0.15) is 38.8 Å². The Morgan fingerprint density at radius 1 is 0.792 bits per heavy atom. The highest BCUT2D eigenvalue weighted by Crippen LogP contribution is 2.36. The van der Waals surface area contributed by atoms with Crippen LogP contribution in [0.25, 0.3) is 11.1 Å². The van der Waals surface area contributed by atoms with Gasteiger partial charge in [0, 0.05) is 23.2 Å². The monoisotopic (exact) mass is 320 g/mol. The van der Waals surface area contributed by atoms with Crippen LogP contribution in [0.15, 0.2) is 58.6 Å². The number of guanidine groups is 1. The molecule has 0 fully saturated rings. The van der Waals surface area contributed by atoms with Crippen molar-refractivity contribution in [1.29, 1.82) is 0 Å². The largest absolute Gasteiger partial charge is 0.353 e. The van der Waals surface area contributed by atoms with Crippen LogP contribution in [-0.2, 0) is 0 Å². The fraction of sp³-hybridized carbons (Fsp3) is 0.300. The van der Waals surface area contributed by atoms with Gasteiger partial charge in [0.05, 0.1) is 5.71 Å². The molecule has 0 amide bonds. The summed E-state index contributed by atoms with van der Waals surface area (Å²) in [4.78, 5) is 4.58. The summed E-state index contributed by atoms with van der Waals surface area (Å²) in [6, 6.07) is 17.2. The summed E-state index contributed by atoms with van der Waals surface area (Å²) in [6.07, 6.45) is 0. The highest BCUT2D eigenvalue weighted by atomic mass is 15.4. The Morgan fingerprint density at radius 2 is 1.29 bits per heavy atom. The Labute approximate surface area is 143 Å². The molecule has 0 atom stereocenters. The molecule has 0 radical (unpaired) electrons. The Hall–Kier alpha value is -2.62. The number of hydrogen-bond acceptors (Lipinski definition) is 2. The quantitative estimate of drug-likeness (QED) is 0.438. The number of hydrogen-bond donors (Lipinski definition) is 2. The zero-order valence-corrected chi connectivity index (χ0v) is 14.7. The summed E-state index contributed by atoms with van der Waals surface area (Å²) in [5.41, 5.74) is 8.86. The minimum Gasteiger partial charge on any atom is -0.353 e. The fourth-order valence-corrected chi connectivity index (χ4v) is 2.85. The van der Waals surface area contributed by atoms with Gasteiger partial charge in [0.15, 0.2) is 0 Å². The van der Waals surface area contributed by atoms with E-state index in [1.54, 1.807) is 0 Å². The second kappa shape index (κ2) is 6.87. The molecule has 24 heavy (non-hydrogen) atoms. The van der Waals surface area contributed by atoms with Gasteiger partial charge in [-0.25, -0.2) is 10.4 Å². The summed E-state index contributed by atoms with van der Waals surface area (Å²) in [7, 11) is 0. The zero-order valence-electron chi connectivity index (χ0n) is 14.7. The number of rotatable bonds is 3. The maximum absolute atomic E-state index is 4.69. The molecule has 0 bridgehead atoms. The molecule has 0 spiro atoms. The number of fused-ring (bicyclic) bond motifs is 3. The second-order valence-corrected chi connectivity index (χ2v) is 6.53. The van der Waals surface area contributed by atoms with Crippen molar-refractivity contribution in [3.8, 4) is 11.1 Å². The predicted molar refractivity (Wildman–Crippen MR) is 101 cm³/mol. The minimum absolute atomic E-state index is 0.196. The third kappa shape index (κ3) is 3.32. The lowest BCUT2D eigenvalue weighted by Gasteiger charge is -2.14. The molecule has 0 unspecified atom stereocenters. The maximum atomic E-state index is 4.69. The zero-order chi connectivity index (χ0) is 17.1. The van der Waals surface area contributed by atoms with Crippen molar-refractivity contribution in [3.63, 3.8) is 0 Å². The van der Waals surface area contributed by atoms with Gasteiger partial charge in [-0.05, 0) is 38.8 Å². The summed E-state index contributed by atoms with van der Waals surface area (Å²) >= 11 is 0. The van der Waals surface area contributed by atoms with Crippen molar-refractivity contribution < 1.29 is 0 Å². The van der Waals surface area contributed by atoms with E-state index in [1.165, 1.54) is 11.1 Å². The molecule has 0 aromatic heterocycles. The Kier molecular flexibility index (Phi) is 4.65. The molecule has 4 heteroatoms. The van der Waals surface area contributed by atoms with Gasteiger partial charge in [-0.15, -0.1) is 0 Å². The van der Waals surface area contributed by atoms with E-state index in [9.17, 15) is 0 Å². The molecule has 2 aromatic carbocycles. The van der Waals surface area contributed by atoms with Crippen LogP contribution in [0.5, 0.6) is 0 Å². The van der Waals surface area contributed by atoms with Gasteiger partial charge in [-0.1, -0.05) is 48.5 Å². The van der Waals surface area contributed by atoms with Crippen molar-refractivity contribution in [3.05, 3.63) is 59.7 Å². The summed E-state index contributed by atoms with van der Waals surface area (Å²) in [6.45, 7) is 8.28.